The van der Waals surface area contributed by atoms with Crippen LogP contribution in [0.3, 0.4) is 0 Å². The van der Waals surface area contributed by atoms with Crippen molar-refractivity contribution in [3.8, 4) is 78.7 Å². The van der Waals surface area contributed by atoms with Crippen LogP contribution in [-0.2, 0) is 0 Å². The molecule has 4 heterocycles. The second-order valence-electron chi connectivity index (χ2n) is 15.6. The lowest BCUT2D eigenvalue weighted by atomic mass is 9.96. The maximum atomic E-state index is 6.44. The summed E-state index contributed by atoms with van der Waals surface area (Å²) in [7, 11) is 0. The van der Waals surface area contributed by atoms with Crippen molar-refractivity contribution in [2.75, 3.05) is 0 Å². The summed E-state index contributed by atoms with van der Waals surface area (Å²) < 4.78 is 8.57. The van der Waals surface area contributed by atoms with Gasteiger partial charge in [0.05, 0.1) is 22.6 Å². The van der Waals surface area contributed by atoms with Gasteiger partial charge in [-0.1, -0.05) is 194 Å². The Hall–Kier alpha value is -8.41. The fourth-order valence-electron chi connectivity index (χ4n) is 8.86. The summed E-state index contributed by atoms with van der Waals surface area (Å²) >= 11 is 0. The molecular formula is C57H36N4O. The molecule has 12 aromatic rings. The molecule has 0 unspecified atom stereocenters. The molecule has 0 N–H and O–H groups in total. The normalized spacial score (nSPS) is 11.5. The monoisotopic (exact) mass is 792 g/mol. The summed E-state index contributed by atoms with van der Waals surface area (Å²) in [4.78, 5) is 10.4. The van der Waals surface area contributed by atoms with Crippen LogP contribution < -0.4 is 0 Å². The van der Waals surface area contributed by atoms with Crippen LogP contribution in [0.2, 0.25) is 0 Å². The minimum atomic E-state index is 0.647. The van der Waals surface area contributed by atoms with E-state index in [0.717, 1.165) is 106 Å². The SMILES string of the molecule is c1ccc(-c2cc(-c3cccc(-c4cccc5c4oc4ccccc45)c3)nc(-c3ccc(-c4nn5c(-c6ccccc6)cc6ccccc6c5c4-c4ccccc4)cc3)n2)cc1. The molecular weight excluding hydrogens is 757 g/mol. The number of pyridine rings is 1. The van der Waals surface area contributed by atoms with E-state index in [1.807, 2.05) is 30.3 Å². The number of aromatic nitrogens is 4. The van der Waals surface area contributed by atoms with Gasteiger partial charge in [0, 0.05) is 55.1 Å². The number of hydrogen-bond acceptors (Lipinski definition) is 4. The smallest absolute Gasteiger partial charge is 0.160 e. The van der Waals surface area contributed by atoms with Gasteiger partial charge < -0.3 is 4.42 Å². The summed E-state index contributed by atoms with van der Waals surface area (Å²) in [6.45, 7) is 0. The van der Waals surface area contributed by atoms with Crippen molar-refractivity contribution >= 4 is 38.2 Å². The predicted molar refractivity (Wildman–Crippen MR) is 254 cm³/mol. The van der Waals surface area contributed by atoms with Crippen LogP contribution in [0, 0.1) is 0 Å². The van der Waals surface area contributed by atoms with E-state index in [9.17, 15) is 0 Å². The molecule has 0 saturated carbocycles. The van der Waals surface area contributed by atoms with Crippen molar-refractivity contribution in [2.24, 2.45) is 0 Å². The lowest BCUT2D eigenvalue weighted by molar-refractivity contribution is 0.670. The highest BCUT2D eigenvalue weighted by Crippen LogP contribution is 2.42. The van der Waals surface area contributed by atoms with Gasteiger partial charge in [-0.2, -0.15) is 5.10 Å². The topological polar surface area (TPSA) is 56.2 Å². The van der Waals surface area contributed by atoms with Gasteiger partial charge in [0.2, 0.25) is 0 Å². The molecule has 0 atom stereocenters. The van der Waals surface area contributed by atoms with Crippen LogP contribution in [0.1, 0.15) is 0 Å². The number of rotatable bonds is 7. The molecule has 62 heavy (non-hydrogen) atoms. The molecule has 5 nitrogen and oxygen atoms in total. The number of hydrogen-bond donors (Lipinski definition) is 0. The van der Waals surface area contributed by atoms with Crippen molar-refractivity contribution in [3.05, 3.63) is 218 Å². The average Bonchev–Trinajstić information content (AvgIpc) is 3.95. The third-order valence-electron chi connectivity index (χ3n) is 11.8. The molecule has 5 heteroatoms. The fraction of sp³-hybridized carbons (Fsp3) is 0. The Bertz CT molecular complexity index is 3610. The van der Waals surface area contributed by atoms with E-state index < -0.39 is 0 Å². The van der Waals surface area contributed by atoms with Crippen molar-refractivity contribution < 1.29 is 4.42 Å². The zero-order valence-electron chi connectivity index (χ0n) is 33.5. The Kier molecular flexibility index (Phi) is 8.42. The molecule has 4 aromatic heterocycles. The van der Waals surface area contributed by atoms with Gasteiger partial charge >= 0.3 is 0 Å². The molecule has 0 aliphatic heterocycles. The Morgan fingerprint density at radius 3 is 1.74 bits per heavy atom. The van der Waals surface area contributed by atoms with Gasteiger partial charge in [0.25, 0.3) is 0 Å². The standard InChI is InChI=1S/C57H36N4O/c1-4-16-37(17-5-1)49-36-50(44-24-14-23-42(34-44)46-27-15-28-48-47-26-12-13-29-52(47)62-56(46)48)59-57(58-49)41-32-30-40(31-33-41)54-53(39-20-8-3-9-21-39)55-45-25-11-10-22-43(45)35-51(61(55)60-54)38-18-6-2-7-19-38/h1-36H. The van der Waals surface area contributed by atoms with E-state index in [1.54, 1.807) is 0 Å². The van der Waals surface area contributed by atoms with Crippen LogP contribution in [0.15, 0.2) is 223 Å². The zero-order chi connectivity index (χ0) is 41.0. The van der Waals surface area contributed by atoms with E-state index in [2.05, 4.69) is 193 Å². The highest BCUT2D eigenvalue weighted by molar-refractivity contribution is 6.10. The maximum absolute atomic E-state index is 6.44. The molecule has 0 saturated heterocycles. The molecule has 12 rings (SSSR count). The zero-order valence-corrected chi connectivity index (χ0v) is 33.5. The van der Waals surface area contributed by atoms with E-state index in [4.69, 9.17) is 19.5 Å². The molecule has 0 spiro atoms. The van der Waals surface area contributed by atoms with Crippen molar-refractivity contribution in [1.29, 1.82) is 0 Å². The highest BCUT2D eigenvalue weighted by Gasteiger charge is 2.22. The van der Waals surface area contributed by atoms with Crippen LogP contribution in [0.5, 0.6) is 0 Å². The number of furan rings is 1. The summed E-state index contributed by atoms with van der Waals surface area (Å²) in [5.74, 6) is 0.647. The van der Waals surface area contributed by atoms with Gasteiger partial charge in [-0.05, 0) is 40.8 Å². The Labute approximate surface area is 357 Å². The summed E-state index contributed by atoms with van der Waals surface area (Å²) in [6.07, 6.45) is 0. The Morgan fingerprint density at radius 1 is 0.387 bits per heavy atom. The minimum Gasteiger partial charge on any atom is -0.455 e. The third-order valence-corrected chi connectivity index (χ3v) is 11.8. The first-order chi connectivity index (χ1) is 30.7. The third kappa shape index (κ3) is 6.06. The molecule has 8 aromatic carbocycles. The van der Waals surface area contributed by atoms with Crippen LogP contribution >= 0.6 is 0 Å². The average molecular weight is 793 g/mol. The second-order valence-corrected chi connectivity index (χ2v) is 15.6. The van der Waals surface area contributed by atoms with Crippen molar-refractivity contribution in [1.82, 2.24) is 19.6 Å². The summed E-state index contributed by atoms with van der Waals surface area (Å²) in [6, 6.07) is 76.0. The molecule has 0 fully saturated rings. The van der Waals surface area contributed by atoms with Gasteiger partial charge in [-0.25, -0.2) is 14.5 Å². The molecule has 0 radical (unpaired) electrons. The van der Waals surface area contributed by atoms with Crippen molar-refractivity contribution in [2.45, 2.75) is 0 Å². The highest BCUT2D eigenvalue weighted by atomic mass is 16.3. The Morgan fingerprint density at radius 2 is 0.968 bits per heavy atom. The molecule has 0 bridgehead atoms. The number of nitrogens with zero attached hydrogens (tertiary/aromatic N) is 4. The van der Waals surface area contributed by atoms with Crippen molar-refractivity contribution in [3.63, 3.8) is 0 Å². The van der Waals surface area contributed by atoms with E-state index in [-0.39, 0.29) is 0 Å². The van der Waals surface area contributed by atoms with Gasteiger partial charge in [0.1, 0.15) is 16.9 Å². The van der Waals surface area contributed by atoms with Gasteiger partial charge in [0.15, 0.2) is 5.82 Å². The quantitative estimate of drug-likeness (QED) is 0.161. The van der Waals surface area contributed by atoms with E-state index >= 15 is 0 Å². The second kappa shape index (κ2) is 14.7. The lowest BCUT2D eigenvalue weighted by Gasteiger charge is -2.11. The van der Waals surface area contributed by atoms with Crippen LogP contribution in [-0.4, -0.2) is 19.6 Å². The number of para-hydroxylation sites is 2. The van der Waals surface area contributed by atoms with E-state index in [0.29, 0.717) is 5.82 Å². The molecule has 290 valence electrons. The first-order valence-corrected chi connectivity index (χ1v) is 20.9. The molecule has 0 aliphatic carbocycles. The first-order valence-electron chi connectivity index (χ1n) is 20.9. The van der Waals surface area contributed by atoms with Crippen LogP contribution in [0.4, 0.5) is 0 Å². The first kappa shape index (κ1) is 35.5. The van der Waals surface area contributed by atoms with E-state index in [1.165, 1.54) is 5.39 Å². The maximum Gasteiger partial charge on any atom is 0.160 e. The van der Waals surface area contributed by atoms with Gasteiger partial charge in [-0.15, -0.1) is 0 Å². The largest absolute Gasteiger partial charge is 0.455 e. The number of fused-ring (bicyclic) bond motifs is 6. The van der Waals surface area contributed by atoms with Crippen LogP contribution in [0.25, 0.3) is 117 Å². The minimum absolute atomic E-state index is 0.647. The fourth-order valence-corrected chi connectivity index (χ4v) is 8.86. The van der Waals surface area contributed by atoms with Gasteiger partial charge in [-0.3, -0.25) is 0 Å². The summed E-state index contributed by atoms with van der Waals surface area (Å²) in [5, 5.41) is 9.98. The summed E-state index contributed by atoms with van der Waals surface area (Å²) in [5.41, 5.74) is 15.8. The molecule has 0 aliphatic rings. The lowest BCUT2D eigenvalue weighted by Crippen LogP contribution is -1.96. The Balaban J connectivity index is 1.000. The molecule has 0 amide bonds. The predicted octanol–water partition coefficient (Wildman–Crippen LogP) is 14.8. The number of benzene rings is 8.